The summed E-state index contributed by atoms with van der Waals surface area (Å²) in [4.78, 5) is 9.24. The number of hydrogen-bond donors (Lipinski definition) is 1. The number of methoxy groups -OCH3 is 1. The SMILES string of the molecule is CN=C(NCC1CCN(c2ccccc2OC)C1)N1CCOC(c2cnn(C)c2)C1.I. The van der Waals surface area contributed by atoms with Crippen LogP contribution in [0.5, 0.6) is 5.75 Å². The summed E-state index contributed by atoms with van der Waals surface area (Å²) in [6.45, 7) is 5.29. The lowest BCUT2D eigenvalue weighted by Crippen LogP contribution is -2.49. The van der Waals surface area contributed by atoms with Gasteiger partial charge in [0, 0.05) is 52.0 Å². The number of aliphatic imine (C=N–C) groups is 1. The molecule has 3 heterocycles. The predicted octanol–water partition coefficient (Wildman–Crippen LogP) is 2.52. The fraction of sp³-hybridized carbons (Fsp3) is 0.545. The van der Waals surface area contributed by atoms with E-state index in [-0.39, 0.29) is 30.1 Å². The fourth-order valence-electron chi connectivity index (χ4n) is 4.33. The number of aromatic nitrogens is 2. The summed E-state index contributed by atoms with van der Waals surface area (Å²) >= 11 is 0. The molecule has 0 spiro atoms. The van der Waals surface area contributed by atoms with Gasteiger partial charge in [0.2, 0.25) is 0 Å². The van der Waals surface area contributed by atoms with Crippen molar-refractivity contribution in [3.8, 4) is 5.75 Å². The van der Waals surface area contributed by atoms with Crippen molar-refractivity contribution in [2.45, 2.75) is 12.5 Å². The second-order valence-corrected chi connectivity index (χ2v) is 7.95. The minimum atomic E-state index is 0. The third kappa shape index (κ3) is 5.62. The van der Waals surface area contributed by atoms with Gasteiger partial charge in [0.05, 0.1) is 32.1 Å². The first-order chi connectivity index (χ1) is 14.7. The molecule has 0 amide bonds. The topological polar surface area (TPSA) is 67.2 Å². The number of benzene rings is 1. The van der Waals surface area contributed by atoms with E-state index in [0.717, 1.165) is 56.4 Å². The molecule has 0 aliphatic carbocycles. The Morgan fingerprint density at radius 1 is 1.29 bits per heavy atom. The van der Waals surface area contributed by atoms with Crippen molar-refractivity contribution < 1.29 is 9.47 Å². The molecule has 2 saturated heterocycles. The summed E-state index contributed by atoms with van der Waals surface area (Å²) in [5.74, 6) is 2.46. The molecule has 0 saturated carbocycles. The Labute approximate surface area is 201 Å². The summed E-state index contributed by atoms with van der Waals surface area (Å²) < 4.78 is 13.3. The molecule has 1 N–H and O–H groups in total. The molecule has 2 atom stereocenters. The fourth-order valence-corrected chi connectivity index (χ4v) is 4.33. The van der Waals surface area contributed by atoms with Crippen molar-refractivity contribution in [2.75, 3.05) is 58.4 Å². The van der Waals surface area contributed by atoms with Crippen LogP contribution in [-0.4, -0.2) is 74.1 Å². The van der Waals surface area contributed by atoms with E-state index in [0.29, 0.717) is 12.5 Å². The standard InChI is InChI=1S/C22H32N6O2.HI/c1-23-22(28-10-11-30-21(16-28)18-13-25-26(2)15-18)24-12-17-8-9-27(14-17)19-6-4-5-7-20(19)29-3;/h4-7,13,15,17,21H,8-12,14,16H2,1-3H3,(H,23,24);1H. The molecule has 2 aliphatic rings. The number of ether oxygens (including phenoxy) is 2. The molecule has 2 unspecified atom stereocenters. The van der Waals surface area contributed by atoms with Crippen LogP contribution in [0.3, 0.4) is 0 Å². The van der Waals surface area contributed by atoms with Gasteiger partial charge >= 0.3 is 0 Å². The third-order valence-electron chi connectivity index (χ3n) is 5.93. The van der Waals surface area contributed by atoms with Crippen LogP contribution in [0.15, 0.2) is 41.7 Å². The lowest BCUT2D eigenvalue weighted by Gasteiger charge is -2.35. The number of guanidine groups is 1. The van der Waals surface area contributed by atoms with Crippen LogP contribution < -0.4 is 15.0 Å². The highest BCUT2D eigenvalue weighted by Crippen LogP contribution is 2.31. The molecule has 31 heavy (non-hydrogen) atoms. The first-order valence-corrected chi connectivity index (χ1v) is 10.6. The summed E-state index contributed by atoms with van der Waals surface area (Å²) in [6, 6.07) is 8.25. The maximum absolute atomic E-state index is 5.97. The van der Waals surface area contributed by atoms with Gasteiger partial charge in [-0.15, -0.1) is 24.0 Å². The Morgan fingerprint density at radius 2 is 2.13 bits per heavy atom. The van der Waals surface area contributed by atoms with Crippen molar-refractivity contribution in [3.05, 3.63) is 42.2 Å². The molecule has 1 aromatic carbocycles. The molecule has 2 fully saturated rings. The van der Waals surface area contributed by atoms with E-state index in [2.05, 4.69) is 37.3 Å². The number of halogens is 1. The first-order valence-electron chi connectivity index (χ1n) is 10.6. The van der Waals surface area contributed by atoms with E-state index in [4.69, 9.17) is 9.47 Å². The van der Waals surface area contributed by atoms with Crippen LogP contribution in [-0.2, 0) is 11.8 Å². The van der Waals surface area contributed by atoms with Crippen LogP contribution in [0.25, 0.3) is 0 Å². The highest BCUT2D eigenvalue weighted by Gasteiger charge is 2.27. The zero-order valence-electron chi connectivity index (χ0n) is 18.5. The molecular weight excluding hydrogens is 507 g/mol. The van der Waals surface area contributed by atoms with Gasteiger partial charge in [-0.25, -0.2) is 0 Å². The number of rotatable bonds is 5. The molecule has 9 heteroatoms. The van der Waals surface area contributed by atoms with Gasteiger partial charge in [-0.05, 0) is 24.5 Å². The van der Waals surface area contributed by atoms with E-state index in [9.17, 15) is 0 Å². The number of aryl methyl sites for hydroxylation is 1. The van der Waals surface area contributed by atoms with Crippen LogP contribution in [0.1, 0.15) is 18.1 Å². The van der Waals surface area contributed by atoms with Gasteiger partial charge in [0.15, 0.2) is 5.96 Å². The van der Waals surface area contributed by atoms with E-state index < -0.39 is 0 Å². The molecule has 8 nitrogen and oxygen atoms in total. The van der Waals surface area contributed by atoms with Crippen molar-refractivity contribution in [3.63, 3.8) is 0 Å². The van der Waals surface area contributed by atoms with Gasteiger partial charge in [-0.1, -0.05) is 12.1 Å². The van der Waals surface area contributed by atoms with Crippen molar-refractivity contribution >= 4 is 35.6 Å². The average Bonchev–Trinajstić information content (AvgIpc) is 3.43. The molecule has 2 aromatic rings. The molecule has 4 rings (SSSR count). The number of hydrogen-bond acceptors (Lipinski definition) is 5. The predicted molar refractivity (Wildman–Crippen MR) is 134 cm³/mol. The van der Waals surface area contributed by atoms with Crippen LogP contribution in [0, 0.1) is 5.92 Å². The van der Waals surface area contributed by atoms with E-state index >= 15 is 0 Å². The molecular formula is C22H33IN6O2. The van der Waals surface area contributed by atoms with Crippen LogP contribution in [0.2, 0.25) is 0 Å². The zero-order valence-corrected chi connectivity index (χ0v) is 20.9. The highest BCUT2D eigenvalue weighted by molar-refractivity contribution is 14.0. The molecule has 2 aliphatic heterocycles. The van der Waals surface area contributed by atoms with Crippen molar-refractivity contribution in [1.82, 2.24) is 20.0 Å². The lowest BCUT2D eigenvalue weighted by atomic mass is 10.1. The van der Waals surface area contributed by atoms with E-state index in [1.54, 1.807) is 7.11 Å². The first kappa shape index (κ1) is 23.6. The minimum Gasteiger partial charge on any atom is -0.495 e. The van der Waals surface area contributed by atoms with Crippen molar-refractivity contribution in [1.29, 1.82) is 0 Å². The van der Waals surface area contributed by atoms with Crippen LogP contribution in [0.4, 0.5) is 5.69 Å². The molecule has 1 aromatic heterocycles. The zero-order chi connectivity index (χ0) is 20.9. The maximum atomic E-state index is 5.97. The number of para-hydroxylation sites is 2. The Kier molecular flexibility index (Phi) is 8.42. The van der Waals surface area contributed by atoms with Gasteiger partial charge < -0.3 is 24.6 Å². The molecule has 170 valence electrons. The largest absolute Gasteiger partial charge is 0.495 e. The Hall–Kier alpha value is -2.01. The maximum Gasteiger partial charge on any atom is 0.193 e. The van der Waals surface area contributed by atoms with Gasteiger partial charge in [-0.2, -0.15) is 5.10 Å². The molecule has 0 bridgehead atoms. The van der Waals surface area contributed by atoms with Gasteiger partial charge in [0.1, 0.15) is 11.9 Å². The second kappa shape index (κ2) is 11.0. The van der Waals surface area contributed by atoms with E-state index in [1.807, 2.05) is 43.3 Å². The monoisotopic (exact) mass is 540 g/mol. The number of nitrogens with one attached hydrogen (secondary N) is 1. The summed E-state index contributed by atoms with van der Waals surface area (Å²) in [6.07, 6.45) is 5.09. The van der Waals surface area contributed by atoms with Crippen LogP contribution >= 0.6 is 24.0 Å². The summed E-state index contributed by atoms with van der Waals surface area (Å²) in [5, 5.41) is 7.87. The quantitative estimate of drug-likeness (QED) is 0.358. The number of nitrogens with zero attached hydrogens (tertiary/aromatic N) is 5. The summed E-state index contributed by atoms with van der Waals surface area (Å²) in [7, 11) is 5.52. The van der Waals surface area contributed by atoms with Gasteiger partial charge in [0.25, 0.3) is 0 Å². The Morgan fingerprint density at radius 3 is 2.87 bits per heavy atom. The smallest absolute Gasteiger partial charge is 0.193 e. The van der Waals surface area contributed by atoms with E-state index in [1.165, 1.54) is 5.69 Å². The number of anilines is 1. The normalized spacial score (nSPS) is 21.7. The second-order valence-electron chi connectivity index (χ2n) is 7.95. The van der Waals surface area contributed by atoms with Gasteiger partial charge in [-0.3, -0.25) is 9.67 Å². The minimum absolute atomic E-state index is 0. The number of morpholine rings is 1. The Balaban J connectivity index is 0.00000272. The molecule has 0 radical (unpaired) electrons. The Bertz CT molecular complexity index is 873. The average molecular weight is 540 g/mol. The highest BCUT2D eigenvalue weighted by atomic mass is 127. The lowest BCUT2D eigenvalue weighted by molar-refractivity contribution is -0.00806. The third-order valence-corrected chi connectivity index (χ3v) is 5.93. The summed E-state index contributed by atoms with van der Waals surface area (Å²) in [5.41, 5.74) is 2.29. The van der Waals surface area contributed by atoms with Crippen molar-refractivity contribution in [2.24, 2.45) is 18.0 Å².